The van der Waals surface area contributed by atoms with Gasteiger partial charge in [0.2, 0.25) is 0 Å². The summed E-state index contributed by atoms with van der Waals surface area (Å²) in [5, 5.41) is 4.74. The monoisotopic (exact) mass is 268 g/mol. The summed E-state index contributed by atoms with van der Waals surface area (Å²) in [5.74, 6) is 0. The molecule has 0 bridgehead atoms. The number of rotatable bonds is 8. The first-order valence-corrected chi connectivity index (χ1v) is 7.84. The van der Waals surface area contributed by atoms with E-state index in [-0.39, 0.29) is 6.10 Å². The normalized spacial score (nSPS) is 17.1. The average Bonchev–Trinajstić information content (AvgIpc) is 3.13. The van der Waals surface area contributed by atoms with Gasteiger partial charge >= 0.3 is 0 Å². The van der Waals surface area contributed by atoms with Crippen molar-refractivity contribution < 1.29 is 4.74 Å². The van der Waals surface area contributed by atoms with Crippen molar-refractivity contribution in [2.24, 2.45) is 0 Å². The van der Waals surface area contributed by atoms with Gasteiger partial charge in [0.15, 0.2) is 0 Å². The van der Waals surface area contributed by atoms with Crippen LogP contribution in [0.3, 0.4) is 0 Å². The van der Waals surface area contributed by atoms with Crippen molar-refractivity contribution in [3.8, 4) is 0 Å². The largest absolute Gasteiger partial charge is 0.374 e. The van der Waals surface area contributed by atoms with E-state index in [1.165, 1.54) is 23.4 Å². The molecule has 0 radical (unpaired) electrons. The zero-order valence-electron chi connectivity index (χ0n) is 11.7. The lowest BCUT2D eigenvalue weighted by molar-refractivity contribution is 0.0946. The maximum absolute atomic E-state index is 5.56. The van der Waals surface area contributed by atoms with Gasteiger partial charge in [0.25, 0.3) is 0 Å². The van der Waals surface area contributed by atoms with Gasteiger partial charge in [-0.1, -0.05) is 20.3 Å². The van der Waals surface area contributed by atoms with E-state index in [2.05, 4.69) is 19.2 Å². The molecule has 1 saturated carbocycles. The predicted octanol–water partition coefficient (Wildman–Crippen LogP) is 3.45. The van der Waals surface area contributed by atoms with Crippen molar-refractivity contribution in [2.75, 3.05) is 7.11 Å². The first-order chi connectivity index (χ1) is 8.78. The number of nitrogens with zero attached hydrogens (tertiary/aromatic N) is 1. The van der Waals surface area contributed by atoms with Crippen LogP contribution in [0, 0.1) is 0 Å². The fourth-order valence-electron chi connectivity index (χ4n) is 2.08. The molecule has 3 nitrogen and oxygen atoms in total. The highest BCUT2D eigenvalue weighted by atomic mass is 32.1. The molecule has 1 aromatic heterocycles. The zero-order chi connectivity index (χ0) is 13.0. The van der Waals surface area contributed by atoms with Crippen molar-refractivity contribution >= 4 is 11.3 Å². The van der Waals surface area contributed by atoms with E-state index in [1.807, 2.05) is 11.3 Å². The van der Waals surface area contributed by atoms with Crippen LogP contribution in [0.2, 0.25) is 0 Å². The molecule has 1 unspecified atom stereocenters. The highest BCUT2D eigenvalue weighted by Gasteiger charge is 2.22. The van der Waals surface area contributed by atoms with Gasteiger partial charge in [0.1, 0.15) is 11.1 Å². The summed E-state index contributed by atoms with van der Waals surface area (Å²) in [6, 6.07) is 0.758. The van der Waals surface area contributed by atoms with E-state index in [0.29, 0.717) is 0 Å². The maximum Gasteiger partial charge on any atom is 0.122 e. The summed E-state index contributed by atoms with van der Waals surface area (Å²) < 4.78 is 5.56. The van der Waals surface area contributed by atoms with Gasteiger partial charge in [0, 0.05) is 24.6 Å². The molecule has 102 valence electrons. The number of methoxy groups -OCH3 is 1. The number of aryl methyl sites for hydroxylation is 1. The Morgan fingerprint density at radius 2 is 2.22 bits per heavy atom. The zero-order valence-corrected chi connectivity index (χ0v) is 12.5. The van der Waals surface area contributed by atoms with Crippen LogP contribution in [0.5, 0.6) is 0 Å². The Hall–Kier alpha value is -0.450. The van der Waals surface area contributed by atoms with Gasteiger partial charge in [-0.25, -0.2) is 4.98 Å². The minimum absolute atomic E-state index is 0.181. The quantitative estimate of drug-likeness (QED) is 0.784. The van der Waals surface area contributed by atoms with Gasteiger partial charge in [-0.2, -0.15) is 0 Å². The third-order valence-electron chi connectivity index (χ3n) is 3.37. The summed E-state index contributed by atoms with van der Waals surface area (Å²) in [6.45, 7) is 5.35. The second-order valence-corrected chi connectivity index (χ2v) is 6.06. The third kappa shape index (κ3) is 3.53. The molecule has 1 atom stereocenters. The molecule has 0 aromatic carbocycles. The van der Waals surface area contributed by atoms with Crippen LogP contribution in [-0.2, 0) is 17.7 Å². The van der Waals surface area contributed by atoms with Gasteiger partial charge < -0.3 is 10.1 Å². The Kier molecular flexibility index (Phi) is 5.15. The standard InChI is InChI=1S/C14H24N2OS/c1-4-6-12(17-3)14-16-11(5-2)13(18-14)9-15-10-7-8-10/h10,12,15H,4-9H2,1-3H3. The number of nitrogens with one attached hydrogen (secondary N) is 1. The van der Waals surface area contributed by atoms with Gasteiger partial charge in [-0.3, -0.25) is 0 Å². The van der Waals surface area contributed by atoms with Crippen LogP contribution in [-0.4, -0.2) is 18.1 Å². The van der Waals surface area contributed by atoms with Gasteiger partial charge in [-0.15, -0.1) is 11.3 Å². The second-order valence-electron chi connectivity index (χ2n) is 4.94. The smallest absolute Gasteiger partial charge is 0.122 e. The number of hydrogen-bond donors (Lipinski definition) is 1. The predicted molar refractivity (Wildman–Crippen MR) is 76.0 cm³/mol. The number of hydrogen-bond acceptors (Lipinski definition) is 4. The van der Waals surface area contributed by atoms with Gasteiger partial charge in [0.05, 0.1) is 5.69 Å². The number of aromatic nitrogens is 1. The van der Waals surface area contributed by atoms with Crippen LogP contribution in [0.4, 0.5) is 0 Å². The molecule has 0 amide bonds. The lowest BCUT2D eigenvalue weighted by Crippen LogP contribution is -2.15. The molecule has 1 N–H and O–H groups in total. The Balaban J connectivity index is 2.05. The maximum atomic E-state index is 5.56. The Labute approximate surface area is 114 Å². The van der Waals surface area contributed by atoms with Crippen LogP contribution < -0.4 is 5.32 Å². The van der Waals surface area contributed by atoms with E-state index in [4.69, 9.17) is 9.72 Å². The van der Waals surface area contributed by atoms with E-state index in [0.717, 1.165) is 36.9 Å². The SMILES string of the molecule is CCCC(OC)c1nc(CC)c(CNC2CC2)s1. The van der Waals surface area contributed by atoms with Crippen molar-refractivity contribution in [3.05, 3.63) is 15.6 Å². The Bertz CT molecular complexity index is 374. The Morgan fingerprint density at radius 1 is 1.44 bits per heavy atom. The van der Waals surface area contributed by atoms with E-state index < -0.39 is 0 Å². The lowest BCUT2D eigenvalue weighted by atomic mass is 10.2. The molecule has 0 aliphatic heterocycles. The molecule has 0 saturated heterocycles. The molecule has 1 aliphatic carbocycles. The summed E-state index contributed by atoms with van der Waals surface area (Å²) in [4.78, 5) is 6.17. The van der Waals surface area contributed by atoms with Crippen molar-refractivity contribution in [2.45, 2.75) is 64.6 Å². The van der Waals surface area contributed by atoms with E-state index in [9.17, 15) is 0 Å². The van der Waals surface area contributed by atoms with Crippen molar-refractivity contribution in [1.29, 1.82) is 0 Å². The first kappa shape index (κ1) is 14.0. The molecule has 1 fully saturated rings. The molecule has 0 spiro atoms. The highest BCUT2D eigenvalue weighted by Crippen LogP contribution is 2.30. The molecular formula is C14H24N2OS. The van der Waals surface area contributed by atoms with Crippen LogP contribution in [0.25, 0.3) is 0 Å². The van der Waals surface area contributed by atoms with Crippen LogP contribution in [0.1, 0.15) is 61.2 Å². The van der Waals surface area contributed by atoms with Crippen molar-refractivity contribution in [1.82, 2.24) is 10.3 Å². The minimum atomic E-state index is 0.181. The van der Waals surface area contributed by atoms with Gasteiger partial charge in [-0.05, 0) is 25.7 Å². The molecule has 1 aromatic rings. The fourth-order valence-corrected chi connectivity index (χ4v) is 3.30. The number of ether oxygens (including phenoxy) is 1. The molecule has 2 rings (SSSR count). The summed E-state index contributed by atoms with van der Waals surface area (Å²) in [6.07, 6.45) is 6.06. The molecule has 1 heterocycles. The second kappa shape index (κ2) is 6.64. The Morgan fingerprint density at radius 3 is 2.78 bits per heavy atom. The number of thiazole rings is 1. The topological polar surface area (TPSA) is 34.1 Å². The summed E-state index contributed by atoms with van der Waals surface area (Å²) in [5.41, 5.74) is 1.25. The van der Waals surface area contributed by atoms with E-state index in [1.54, 1.807) is 7.11 Å². The van der Waals surface area contributed by atoms with E-state index >= 15 is 0 Å². The van der Waals surface area contributed by atoms with Crippen molar-refractivity contribution in [3.63, 3.8) is 0 Å². The molecule has 18 heavy (non-hydrogen) atoms. The third-order valence-corrected chi connectivity index (χ3v) is 4.56. The molecule has 4 heteroatoms. The van der Waals surface area contributed by atoms with Crippen LogP contribution in [0.15, 0.2) is 0 Å². The first-order valence-electron chi connectivity index (χ1n) is 7.03. The fraction of sp³-hybridized carbons (Fsp3) is 0.786. The lowest BCUT2D eigenvalue weighted by Gasteiger charge is -2.10. The molecule has 1 aliphatic rings. The molecular weight excluding hydrogens is 244 g/mol. The summed E-state index contributed by atoms with van der Waals surface area (Å²) in [7, 11) is 1.79. The van der Waals surface area contributed by atoms with Crippen LogP contribution >= 0.6 is 11.3 Å². The minimum Gasteiger partial charge on any atom is -0.374 e. The summed E-state index contributed by atoms with van der Waals surface area (Å²) >= 11 is 1.83. The highest BCUT2D eigenvalue weighted by molar-refractivity contribution is 7.11. The average molecular weight is 268 g/mol.